The minimum absolute atomic E-state index is 0.160. The van der Waals surface area contributed by atoms with Gasteiger partial charge in [-0.3, -0.25) is 4.79 Å². The Bertz CT molecular complexity index is 714. The molecule has 3 rings (SSSR count). The zero-order chi connectivity index (χ0) is 16.2. The molecule has 0 bridgehead atoms. The first kappa shape index (κ1) is 15.2. The Morgan fingerprint density at radius 2 is 1.91 bits per heavy atom. The third-order valence-electron chi connectivity index (χ3n) is 3.86. The third kappa shape index (κ3) is 3.23. The lowest BCUT2D eigenvalue weighted by Gasteiger charge is -2.25. The number of fused-ring (bicyclic) bond motifs is 1. The number of para-hydroxylation sites is 1. The molecule has 2 aromatic rings. The van der Waals surface area contributed by atoms with E-state index in [0.29, 0.717) is 23.6 Å². The Kier molecular flexibility index (Phi) is 4.37. The first-order valence-electron chi connectivity index (χ1n) is 7.48. The number of carbonyl (C=O) groups excluding carboxylic acids is 1. The minimum atomic E-state index is -0.488. The van der Waals surface area contributed by atoms with Crippen molar-refractivity contribution in [3.63, 3.8) is 0 Å². The van der Waals surface area contributed by atoms with E-state index in [0.717, 1.165) is 17.7 Å². The van der Waals surface area contributed by atoms with Crippen molar-refractivity contribution in [2.45, 2.75) is 18.9 Å². The number of aryl methyl sites for hydroxylation is 1. The molecule has 5 nitrogen and oxygen atoms in total. The molecule has 1 N–H and O–H groups in total. The highest BCUT2D eigenvalue weighted by molar-refractivity contribution is 5.94. The summed E-state index contributed by atoms with van der Waals surface area (Å²) in [6.45, 7) is 0. The normalized spacial score (nSPS) is 16.0. The molecule has 1 amide bonds. The lowest BCUT2D eigenvalue weighted by atomic mass is 10.0. The van der Waals surface area contributed by atoms with Crippen LogP contribution < -0.4 is 19.5 Å². The number of amides is 1. The zero-order valence-electron chi connectivity index (χ0n) is 13.2. The molecule has 23 heavy (non-hydrogen) atoms. The molecule has 1 heterocycles. The first-order chi connectivity index (χ1) is 11.2. The molecule has 0 aromatic heterocycles. The van der Waals surface area contributed by atoms with Gasteiger partial charge in [0.1, 0.15) is 5.75 Å². The SMILES string of the molecule is COc1ccc(NC(=O)C2CCc3ccccc3O2)cc1OC. The standard InChI is InChI=1S/C18H19NO4/c1-21-15-10-8-13(11-17(15)22-2)19-18(20)16-9-7-12-5-3-4-6-14(12)23-16/h3-6,8,10-11,16H,7,9H2,1-2H3,(H,19,20). The van der Waals surface area contributed by atoms with Crippen molar-refractivity contribution in [1.29, 1.82) is 0 Å². The van der Waals surface area contributed by atoms with Crippen LogP contribution in [0.1, 0.15) is 12.0 Å². The summed E-state index contributed by atoms with van der Waals surface area (Å²) in [5.74, 6) is 1.81. The van der Waals surface area contributed by atoms with Crippen molar-refractivity contribution < 1.29 is 19.0 Å². The highest BCUT2D eigenvalue weighted by Gasteiger charge is 2.26. The van der Waals surface area contributed by atoms with E-state index in [2.05, 4.69) is 5.32 Å². The maximum atomic E-state index is 12.4. The van der Waals surface area contributed by atoms with E-state index >= 15 is 0 Å². The Labute approximate surface area is 135 Å². The van der Waals surface area contributed by atoms with Crippen LogP contribution in [0.4, 0.5) is 5.69 Å². The number of hydrogen-bond acceptors (Lipinski definition) is 4. The van der Waals surface area contributed by atoms with Gasteiger partial charge in [-0.15, -0.1) is 0 Å². The molecule has 1 atom stereocenters. The van der Waals surface area contributed by atoms with E-state index in [-0.39, 0.29) is 5.91 Å². The molecule has 0 aliphatic carbocycles. The highest BCUT2D eigenvalue weighted by Crippen LogP contribution is 2.31. The Balaban J connectivity index is 1.70. The van der Waals surface area contributed by atoms with Crippen LogP contribution in [0.5, 0.6) is 17.2 Å². The van der Waals surface area contributed by atoms with Gasteiger partial charge in [0.05, 0.1) is 14.2 Å². The Hall–Kier alpha value is -2.69. The minimum Gasteiger partial charge on any atom is -0.493 e. The quantitative estimate of drug-likeness (QED) is 0.942. The van der Waals surface area contributed by atoms with Gasteiger partial charge in [0.25, 0.3) is 5.91 Å². The lowest BCUT2D eigenvalue weighted by molar-refractivity contribution is -0.123. The van der Waals surface area contributed by atoms with Crippen molar-refractivity contribution in [3.8, 4) is 17.2 Å². The fourth-order valence-corrected chi connectivity index (χ4v) is 2.65. The van der Waals surface area contributed by atoms with Gasteiger partial charge in [0, 0.05) is 11.8 Å². The zero-order valence-corrected chi connectivity index (χ0v) is 13.2. The summed E-state index contributed by atoms with van der Waals surface area (Å²) in [6.07, 6.45) is 1.01. The number of benzene rings is 2. The monoisotopic (exact) mass is 313 g/mol. The van der Waals surface area contributed by atoms with E-state index < -0.39 is 6.10 Å². The lowest BCUT2D eigenvalue weighted by Crippen LogP contribution is -2.35. The van der Waals surface area contributed by atoms with E-state index in [1.165, 1.54) is 0 Å². The smallest absolute Gasteiger partial charge is 0.265 e. The highest BCUT2D eigenvalue weighted by atomic mass is 16.5. The van der Waals surface area contributed by atoms with Crippen LogP contribution in [0.3, 0.4) is 0 Å². The third-order valence-corrected chi connectivity index (χ3v) is 3.86. The maximum absolute atomic E-state index is 12.4. The van der Waals surface area contributed by atoms with Gasteiger partial charge < -0.3 is 19.5 Å². The fraction of sp³-hybridized carbons (Fsp3) is 0.278. The van der Waals surface area contributed by atoms with E-state index in [4.69, 9.17) is 14.2 Å². The van der Waals surface area contributed by atoms with Gasteiger partial charge in [-0.05, 0) is 36.6 Å². The molecule has 0 fully saturated rings. The summed E-state index contributed by atoms with van der Waals surface area (Å²) in [6, 6.07) is 13.1. The topological polar surface area (TPSA) is 56.8 Å². The predicted molar refractivity (Wildman–Crippen MR) is 87.4 cm³/mol. The number of carbonyl (C=O) groups is 1. The molecule has 0 spiro atoms. The molecule has 1 aliphatic rings. The number of ether oxygens (including phenoxy) is 3. The van der Waals surface area contributed by atoms with Gasteiger partial charge in [0.15, 0.2) is 17.6 Å². The molecule has 0 saturated carbocycles. The van der Waals surface area contributed by atoms with Gasteiger partial charge in [-0.2, -0.15) is 0 Å². The van der Waals surface area contributed by atoms with Gasteiger partial charge in [0.2, 0.25) is 0 Å². The summed E-state index contributed by atoms with van der Waals surface area (Å²) < 4.78 is 16.2. The Morgan fingerprint density at radius 3 is 2.70 bits per heavy atom. The molecule has 120 valence electrons. The van der Waals surface area contributed by atoms with E-state index in [1.54, 1.807) is 32.4 Å². The number of anilines is 1. The molecule has 1 unspecified atom stereocenters. The molecule has 0 saturated heterocycles. The van der Waals surface area contributed by atoms with Crippen molar-refractivity contribution in [1.82, 2.24) is 0 Å². The number of hydrogen-bond donors (Lipinski definition) is 1. The molecule has 2 aromatic carbocycles. The molecule has 1 aliphatic heterocycles. The predicted octanol–water partition coefficient (Wildman–Crippen LogP) is 3.04. The maximum Gasteiger partial charge on any atom is 0.265 e. The van der Waals surface area contributed by atoms with Crippen LogP contribution in [0.25, 0.3) is 0 Å². The van der Waals surface area contributed by atoms with Crippen LogP contribution >= 0.6 is 0 Å². The van der Waals surface area contributed by atoms with Crippen molar-refractivity contribution in [2.75, 3.05) is 19.5 Å². The van der Waals surface area contributed by atoms with Crippen LogP contribution in [-0.2, 0) is 11.2 Å². The van der Waals surface area contributed by atoms with Gasteiger partial charge >= 0.3 is 0 Å². The summed E-state index contributed by atoms with van der Waals surface area (Å²) >= 11 is 0. The molecular weight excluding hydrogens is 294 g/mol. The number of rotatable bonds is 4. The molecule has 0 radical (unpaired) electrons. The second kappa shape index (κ2) is 6.60. The van der Waals surface area contributed by atoms with Crippen LogP contribution in [0.15, 0.2) is 42.5 Å². The fourth-order valence-electron chi connectivity index (χ4n) is 2.65. The van der Waals surface area contributed by atoms with Gasteiger partial charge in [-0.25, -0.2) is 0 Å². The van der Waals surface area contributed by atoms with Crippen molar-refractivity contribution in [3.05, 3.63) is 48.0 Å². The number of methoxy groups -OCH3 is 2. The van der Waals surface area contributed by atoms with Crippen LogP contribution in [0, 0.1) is 0 Å². The average molecular weight is 313 g/mol. The second-order valence-corrected chi connectivity index (χ2v) is 5.31. The average Bonchev–Trinajstić information content (AvgIpc) is 2.61. The summed E-state index contributed by atoms with van der Waals surface area (Å²) in [5.41, 5.74) is 1.79. The van der Waals surface area contributed by atoms with E-state index in [9.17, 15) is 4.79 Å². The summed E-state index contributed by atoms with van der Waals surface area (Å²) in [4.78, 5) is 12.4. The van der Waals surface area contributed by atoms with Crippen LogP contribution in [-0.4, -0.2) is 26.2 Å². The van der Waals surface area contributed by atoms with Gasteiger partial charge in [-0.1, -0.05) is 18.2 Å². The summed E-state index contributed by atoms with van der Waals surface area (Å²) in [5, 5.41) is 2.87. The second-order valence-electron chi connectivity index (χ2n) is 5.31. The molecule has 5 heteroatoms. The van der Waals surface area contributed by atoms with Crippen LogP contribution in [0.2, 0.25) is 0 Å². The largest absolute Gasteiger partial charge is 0.493 e. The van der Waals surface area contributed by atoms with Crippen molar-refractivity contribution >= 4 is 11.6 Å². The Morgan fingerprint density at radius 1 is 1.13 bits per heavy atom. The number of nitrogens with one attached hydrogen (secondary N) is 1. The summed E-state index contributed by atoms with van der Waals surface area (Å²) in [7, 11) is 3.13. The van der Waals surface area contributed by atoms with E-state index in [1.807, 2.05) is 24.3 Å². The van der Waals surface area contributed by atoms with Crippen molar-refractivity contribution in [2.24, 2.45) is 0 Å². The molecular formula is C18H19NO4. The first-order valence-corrected chi connectivity index (χ1v) is 7.48.